The standard InChI is InChI=1S/C16H11ClN4/c1-10-2-4-11(5-3-10)15-19-14-7-6-12(17)8-13(14)16-20-18-9-21(15)16/h2-9H,1H3. The van der Waals surface area contributed by atoms with Gasteiger partial charge in [0.25, 0.3) is 0 Å². The van der Waals surface area contributed by atoms with Crippen LogP contribution in [0.1, 0.15) is 5.56 Å². The zero-order valence-electron chi connectivity index (χ0n) is 11.3. The molecule has 0 bridgehead atoms. The third-order valence-corrected chi connectivity index (χ3v) is 3.75. The molecule has 0 unspecified atom stereocenters. The van der Waals surface area contributed by atoms with E-state index in [1.54, 1.807) is 6.33 Å². The first-order chi connectivity index (χ1) is 10.2. The number of fused-ring (bicyclic) bond motifs is 3. The summed E-state index contributed by atoms with van der Waals surface area (Å²) in [6.07, 6.45) is 1.68. The van der Waals surface area contributed by atoms with Crippen molar-refractivity contribution in [1.82, 2.24) is 19.6 Å². The van der Waals surface area contributed by atoms with E-state index in [-0.39, 0.29) is 0 Å². The topological polar surface area (TPSA) is 43.1 Å². The molecule has 5 heteroatoms. The molecule has 2 aromatic carbocycles. The summed E-state index contributed by atoms with van der Waals surface area (Å²) in [5, 5.41) is 9.78. The van der Waals surface area contributed by atoms with E-state index in [1.807, 2.05) is 22.6 Å². The van der Waals surface area contributed by atoms with Crippen molar-refractivity contribution in [1.29, 1.82) is 0 Å². The normalized spacial score (nSPS) is 11.3. The lowest BCUT2D eigenvalue weighted by Crippen LogP contribution is -1.97. The molecule has 0 aliphatic rings. The summed E-state index contributed by atoms with van der Waals surface area (Å²) in [6.45, 7) is 2.06. The second kappa shape index (κ2) is 4.53. The molecular formula is C16H11ClN4. The van der Waals surface area contributed by atoms with E-state index in [0.717, 1.165) is 27.9 Å². The minimum Gasteiger partial charge on any atom is -0.265 e. The molecule has 2 aromatic heterocycles. The van der Waals surface area contributed by atoms with E-state index >= 15 is 0 Å². The van der Waals surface area contributed by atoms with E-state index in [4.69, 9.17) is 16.6 Å². The number of benzene rings is 2. The lowest BCUT2D eigenvalue weighted by molar-refractivity contribution is 1.09. The first-order valence-corrected chi connectivity index (χ1v) is 6.96. The number of rotatable bonds is 1. The maximum atomic E-state index is 6.08. The van der Waals surface area contributed by atoms with E-state index in [0.29, 0.717) is 5.02 Å². The fourth-order valence-electron chi connectivity index (χ4n) is 2.43. The Morgan fingerprint density at radius 1 is 1.05 bits per heavy atom. The molecule has 0 fully saturated rings. The highest BCUT2D eigenvalue weighted by Gasteiger charge is 2.11. The van der Waals surface area contributed by atoms with Crippen LogP contribution in [0.5, 0.6) is 0 Å². The highest BCUT2D eigenvalue weighted by Crippen LogP contribution is 2.26. The smallest absolute Gasteiger partial charge is 0.171 e. The largest absolute Gasteiger partial charge is 0.265 e. The predicted molar refractivity (Wildman–Crippen MR) is 83.5 cm³/mol. The van der Waals surface area contributed by atoms with Crippen LogP contribution < -0.4 is 0 Å². The Hall–Kier alpha value is -2.46. The molecule has 0 radical (unpaired) electrons. The highest BCUT2D eigenvalue weighted by atomic mass is 35.5. The van der Waals surface area contributed by atoms with Crippen molar-refractivity contribution in [3.8, 4) is 11.4 Å². The summed E-state index contributed by atoms with van der Waals surface area (Å²) in [6, 6.07) is 13.9. The van der Waals surface area contributed by atoms with Crippen molar-refractivity contribution in [2.45, 2.75) is 6.92 Å². The van der Waals surface area contributed by atoms with Gasteiger partial charge in [-0.1, -0.05) is 41.4 Å². The van der Waals surface area contributed by atoms with Gasteiger partial charge in [-0.05, 0) is 25.1 Å². The van der Waals surface area contributed by atoms with Gasteiger partial charge < -0.3 is 0 Å². The van der Waals surface area contributed by atoms with Gasteiger partial charge in [-0.25, -0.2) is 4.98 Å². The maximum absolute atomic E-state index is 6.08. The van der Waals surface area contributed by atoms with Crippen molar-refractivity contribution in [3.63, 3.8) is 0 Å². The van der Waals surface area contributed by atoms with Gasteiger partial charge in [0.15, 0.2) is 5.65 Å². The molecule has 0 aliphatic carbocycles. The Morgan fingerprint density at radius 3 is 2.67 bits per heavy atom. The third-order valence-electron chi connectivity index (χ3n) is 3.51. The zero-order valence-corrected chi connectivity index (χ0v) is 12.0. The number of hydrogen-bond donors (Lipinski definition) is 0. The van der Waals surface area contributed by atoms with Gasteiger partial charge in [-0.15, -0.1) is 10.2 Å². The Labute approximate surface area is 126 Å². The van der Waals surface area contributed by atoms with E-state index in [2.05, 4.69) is 41.4 Å². The van der Waals surface area contributed by atoms with Crippen LogP contribution in [0.15, 0.2) is 48.8 Å². The van der Waals surface area contributed by atoms with Crippen LogP contribution in [-0.4, -0.2) is 19.6 Å². The van der Waals surface area contributed by atoms with Gasteiger partial charge in [-0.3, -0.25) is 4.40 Å². The minimum absolute atomic E-state index is 0.664. The maximum Gasteiger partial charge on any atom is 0.171 e. The van der Waals surface area contributed by atoms with E-state index in [9.17, 15) is 0 Å². The molecule has 2 heterocycles. The van der Waals surface area contributed by atoms with Gasteiger partial charge in [0.1, 0.15) is 12.2 Å². The summed E-state index contributed by atoms with van der Waals surface area (Å²) < 4.78 is 1.89. The van der Waals surface area contributed by atoms with Crippen molar-refractivity contribution >= 4 is 28.2 Å². The second-order valence-corrected chi connectivity index (χ2v) is 5.42. The van der Waals surface area contributed by atoms with Gasteiger partial charge >= 0.3 is 0 Å². The van der Waals surface area contributed by atoms with E-state index < -0.39 is 0 Å². The first kappa shape index (κ1) is 12.3. The SMILES string of the molecule is Cc1ccc(-c2nc3ccc(Cl)cc3c3nncn23)cc1. The Balaban J connectivity index is 2.10. The second-order valence-electron chi connectivity index (χ2n) is 4.99. The lowest BCUT2D eigenvalue weighted by Gasteiger charge is -2.07. The van der Waals surface area contributed by atoms with Crippen molar-refractivity contribution in [2.24, 2.45) is 0 Å². The van der Waals surface area contributed by atoms with Crippen LogP contribution in [0.25, 0.3) is 27.9 Å². The van der Waals surface area contributed by atoms with Gasteiger partial charge in [-0.2, -0.15) is 0 Å². The van der Waals surface area contributed by atoms with Gasteiger partial charge in [0.05, 0.1) is 5.52 Å². The van der Waals surface area contributed by atoms with E-state index in [1.165, 1.54) is 5.56 Å². The summed E-state index contributed by atoms with van der Waals surface area (Å²) in [5.74, 6) is 0.824. The molecule has 4 aromatic rings. The summed E-state index contributed by atoms with van der Waals surface area (Å²) in [7, 11) is 0. The molecular weight excluding hydrogens is 284 g/mol. The lowest BCUT2D eigenvalue weighted by atomic mass is 10.1. The molecule has 4 nitrogen and oxygen atoms in total. The molecule has 0 aliphatic heterocycles. The highest BCUT2D eigenvalue weighted by molar-refractivity contribution is 6.31. The average molecular weight is 295 g/mol. The molecule has 4 rings (SSSR count). The number of hydrogen-bond acceptors (Lipinski definition) is 3. The Bertz CT molecular complexity index is 957. The van der Waals surface area contributed by atoms with Crippen LogP contribution in [0.3, 0.4) is 0 Å². The fraction of sp³-hybridized carbons (Fsp3) is 0.0625. The van der Waals surface area contributed by atoms with Gasteiger partial charge in [0.2, 0.25) is 0 Å². The Kier molecular flexibility index (Phi) is 2.65. The quantitative estimate of drug-likeness (QED) is 0.534. The molecule has 0 saturated carbocycles. The zero-order chi connectivity index (χ0) is 14.4. The molecule has 0 amide bonds. The monoisotopic (exact) mass is 294 g/mol. The first-order valence-electron chi connectivity index (χ1n) is 6.58. The van der Waals surface area contributed by atoms with Crippen molar-refractivity contribution < 1.29 is 0 Å². The molecule has 0 atom stereocenters. The van der Waals surface area contributed by atoms with Crippen LogP contribution in [-0.2, 0) is 0 Å². The number of nitrogens with zero attached hydrogens (tertiary/aromatic N) is 4. The number of aryl methyl sites for hydroxylation is 1. The average Bonchev–Trinajstić information content (AvgIpc) is 2.97. The van der Waals surface area contributed by atoms with Crippen LogP contribution >= 0.6 is 11.6 Å². The predicted octanol–water partition coefficient (Wildman–Crippen LogP) is 3.91. The molecule has 21 heavy (non-hydrogen) atoms. The molecule has 0 N–H and O–H groups in total. The summed E-state index contributed by atoms with van der Waals surface area (Å²) in [5.41, 5.74) is 3.86. The van der Waals surface area contributed by atoms with Crippen LogP contribution in [0, 0.1) is 6.92 Å². The van der Waals surface area contributed by atoms with Crippen molar-refractivity contribution in [3.05, 3.63) is 59.4 Å². The van der Waals surface area contributed by atoms with Crippen LogP contribution in [0.2, 0.25) is 5.02 Å². The third kappa shape index (κ3) is 1.96. The Morgan fingerprint density at radius 2 is 1.86 bits per heavy atom. The molecule has 0 spiro atoms. The van der Waals surface area contributed by atoms with Crippen molar-refractivity contribution in [2.75, 3.05) is 0 Å². The summed E-state index contributed by atoms with van der Waals surface area (Å²) in [4.78, 5) is 4.74. The molecule has 102 valence electrons. The number of aromatic nitrogens is 4. The van der Waals surface area contributed by atoms with Crippen LogP contribution in [0.4, 0.5) is 0 Å². The van der Waals surface area contributed by atoms with Gasteiger partial charge in [0, 0.05) is 16.0 Å². The minimum atomic E-state index is 0.664. The summed E-state index contributed by atoms with van der Waals surface area (Å²) >= 11 is 6.08. The molecule has 0 saturated heterocycles. The number of halogens is 1. The fourth-order valence-corrected chi connectivity index (χ4v) is 2.60.